The van der Waals surface area contributed by atoms with Crippen molar-refractivity contribution >= 4 is 29.2 Å². The van der Waals surface area contributed by atoms with Gasteiger partial charge in [0, 0.05) is 13.1 Å². The minimum absolute atomic E-state index is 0.00757. The highest BCUT2D eigenvalue weighted by Crippen LogP contribution is 2.28. The molecule has 2 aromatic rings. The van der Waals surface area contributed by atoms with Gasteiger partial charge in [0.25, 0.3) is 0 Å². The van der Waals surface area contributed by atoms with Crippen LogP contribution in [0.4, 0.5) is 10.8 Å². The van der Waals surface area contributed by atoms with E-state index in [0.717, 1.165) is 0 Å². The van der Waals surface area contributed by atoms with Crippen LogP contribution in [0, 0.1) is 0 Å². The number of nitrogens with zero attached hydrogens (tertiary/aromatic N) is 3. The van der Waals surface area contributed by atoms with E-state index in [1.165, 1.54) is 7.11 Å². The second-order valence-corrected chi connectivity index (χ2v) is 7.88. The zero-order valence-electron chi connectivity index (χ0n) is 17.4. The smallest absolute Gasteiger partial charge is 0.410 e. The van der Waals surface area contributed by atoms with Crippen molar-refractivity contribution in [2.75, 3.05) is 32.4 Å². The fourth-order valence-electron chi connectivity index (χ4n) is 3.25. The average Bonchev–Trinajstić information content (AvgIpc) is 3.09. The highest BCUT2D eigenvalue weighted by molar-refractivity contribution is 5.93. The van der Waals surface area contributed by atoms with E-state index in [0.29, 0.717) is 48.6 Å². The first-order chi connectivity index (χ1) is 13.7. The van der Waals surface area contributed by atoms with Crippen molar-refractivity contribution in [3.8, 4) is 0 Å². The molecule has 0 spiro atoms. The summed E-state index contributed by atoms with van der Waals surface area (Å²) >= 11 is 0. The Hall–Kier alpha value is -2.81. The molecular weight excluding hydrogens is 378 g/mol. The predicted octanol–water partition coefficient (Wildman–Crippen LogP) is 3.38. The molecule has 2 heterocycles. The molecule has 1 aliphatic rings. The minimum Gasteiger partial charge on any atom is -0.465 e. The molecule has 0 unspecified atom stereocenters. The molecule has 9 heteroatoms. The summed E-state index contributed by atoms with van der Waals surface area (Å²) in [4.78, 5) is 35.7. The Bertz CT molecular complexity index is 880. The summed E-state index contributed by atoms with van der Waals surface area (Å²) in [6.07, 6.45) is 1.05. The molecule has 0 atom stereocenters. The van der Waals surface area contributed by atoms with Gasteiger partial charge in [0.15, 0.2) is 5.58 Å². The summed E-state index contributed by atoms with van der Waals surface area (Å²) in [6, 6.07) is 5.22. The molecule has 3 rings (SSSR count). The third-order valence-corrected chi connectivity index (χ3v) is 4.63. The monoisotopic (exact) mass is 405 g/mol. The molecule has 1 aromatic carbocycles. The number of oxazole rings is 1. The maximum Gasteiger partial charge on any atom is 0.410 e. The zero-order valence-corrected chi connectivity index (χ0v) is 17.4. The molecule has 0 radical (unpaired) electrons. The quantitative estimate of drug-likeness (QED) is 0.564. The number of amides is 1. The van der Waals surface area contributed by atoms with Crippen LogP contribution in [0.3, 0.4) is 0 Å². The van der Waals surface area contributed by atoms with Crippen molar-refractivity contribution < 1.29 is 28.3 Å². The van der Waals surface area contributed by atoms with Crippen molar-refractivity contribution in [1.82, 2.24) is 9.88 Å². The number of ether oxygens (including phenoxy) is 2. The second kappa shape index (κ2) is 8.28. The third kappa shape index (κ3) is 4.79. The Kier molecular flexibility index (Phi) is 5.97. The van der Waals surface area contributed by atoms with E-state index < -0.39 is 11.6 Å². The number of rotatable bonds is 4. The number of methoxy groups -OCH3 is 1. The fourth-order valence-corrected chi connectivity index (χ4v) is 3.25. The standard InChI is InChI=1S/C20H27N3O6/c1-20(2,3)29-19(25)22-10-8-14(9-11-22)23(27-5)18-21-15-12-13(17(24)26-4)6-7-16(15)28-18/h6-7,12,14H,8-11H2,1-5H3. The summed E-state index contributed by atoms with van der Waals surface area (Å²) < 4.78 is 16.0. The van der Waals surface area contributed by atoms with Gasteiger partial charge in [-0.15, -0.1) is 0 Å². The Morgan fingerprint density at radius 3 is 2.48 bits per heavy atom. The lowest BCUT2D eigenvalue weighted by atomic mass is 10.1. The molecule has 1 aliphatic heterocycles. The van der Waals surface area contributed by atoms with E-state index in [-0.39, 0.29) is 12.1 Å². The minimum atomic E-state index is -0.520. The topological polar surface area (TPSA) is 94.3 Å². The number of aromatic nitrogens is 1. The van der Waals surface area contributed by atoms with Crippen LogP contribution in [0.5, 0.6) is 0 Å². The number of carbonyl (C=O) groups excluding carboxylic acids is 2. The van der Waals surface area contributed by atoms with Crippen LogP contribution in [0.15, 0.2) is 22.6 Å². The molecule has 1 aromatic heterocycles. The van der Waals surface area contributed by atoms with E-state index in [1.54, 1.807) is 35.3 Å². The molecule has 9 nitrogen and oxygen atoms in total. The molecular formula is C20H27N3O6. The first-order valence-corrected chi connectivity index (χ1v) is 9.52. The van der Waals surface area contributed by atoms with Crippen LogP contribution >= 0.6 is 0 Å². The summed E-state index contributed by atoms with van der Waals surface area (Å²) in [7, 11) is 2.88. The Balaban J connectivity index is 1.70. The molecule has 0 bridgehead atoms. The lowest BCUT2D eigenvalue weighted by Gasteiger charge is -2.36. The van der Waals surface area contributed by atoms with Crippen molar-refractivity contribution in [2.45, 2.75) is 45.3 Å². The zero-order chi connectivity index (χ0) is 21.2. The van der Waals surface area contributed by atoms with E-state index in [9.17, 15) is 9.59 Å². The highest BCUT2D eigenvalue weighted by atomic mass is 16.7. The normalized spacial score (nSPS) is 15.4. The molecule has 29 heavy (non-hydrogen) atoms. The summed E-state index contributed by atoms with van der Waals surface area (Å²) in [5.41, 5.74) is 0.958. The number of benzene rings is 1. The number of hydroxylamine groups is 1. The second-order valence-electron chi connectivity index (χ2n) is 7.88. The summed E-state index contributed by atoms with van der Waals surface area (Å²) in [5, 5.41) is 1.62. The van der Waals surface area contributed by atoms with Crippen molar-refractivity contribution in [3.05, 3.63) is 23.8 Å². The van der Waals surface area contributed by atoms with Gasteiger partial charge in [-0.05, 0) is 51.8 Å². The molecule has 0 aliphatic carbocycles. The van der Waals surface area contributed by atoms with Gasteiger partial charge in [-0.2, -0.15) is 4.98 Å². The lowest BCUT2D eigenvalue weighted by molar-refractivity contribution is 0.0161. The van der Waals surface area contributed by atoms with Crippen LogP contribution < -0.4 is 5.06 Å². The van der Waals surface area contributed by atoms with E-state index in [4.69, 9.17) is 18.7 Å². The summed E-state index contributed by atoms with van der Waals surface area (Å²) in [6.45, 7) is 6.65. The maximum absolute atomic E-state index is 12.2. The van der Waals surface area contributed by atoms with Gasteiger partial charge in [0.2, 0.25) is 0 Å². The maximum atomic E-state index is 12.2. The molecule has 158 valence electrons. The van der Waals surface area contributed by atoms with Crippen LogP contribution in [-0.2, 0) is 14.3 Å². The molecule has 0 saturated carbocycles. The molecule has 1 fully saturated rings. The van der Waals surface area contributed by atoms with Crippen LogP contribution in [0.25, 0.3) is 11.1 Å². The van der Waals surface area contributed by atoms with Gasteiger partial charge < -0.3 is 18.8 Å². The fraction of sp³-hybridized carbons (Fsp3) is 0.550. The largest absolute Gasteiger partial charge is 0.465 e. The molecule has 1 saturated heterocycles. The number of hydrogen-bond donors (Lipinski definition) is 0. The Morgan fingerprint density at radius 1 is 1.21 bits per heavy atom. The van der Waals surface area contributed by atoms with Crippen LogP contribution in [0.1, 0.15) is 44.0 Å². The number of piperidine rings is 1. The number of hydrogen-bond acceptors (Lipinski definition) is 8. The number of fused-ring (bicyclic) bond motifs is 1. The van der Waals surface area contributed by atoms with Crippen molar-refractivity contribution in [1.29, 1.82) is 0 Å². The Morgan fingerprint density at radius 2 is 1.90 bits per heavy atom. The number of likely N-dealkylation sites (tertiary alicyclic amines) is 1. The lowest BCUT2D eigenvalue weighted by Crippen LogP contribution is -2.48. The molecule has 0 N–H and O–H groups in total. The van der Waals surface area contributed by atoms with Crippen LogP contribution in [-0.4, -0.2) is 60.9 Å². The number of anilines is 1. The number of carbonyl (C=O) groups is 2. The van der Waals surface area contributed by atoms with Gasteiger partial charge in [-0.3, -0.25) is 4.84 Å². The van der Waals surface area contributed by atoms with Gasteiger partial charge in [-0.1, -0.05) is 0 Å². The first kappa shape index (κ1) is 20.9. The number of esters is 1. The Labute approximate surface area is 169 Å². The van der Waals surface area contributed by atoms with Gasteiger partial charge in [-0.25, -0.2) is 14.7 Å². The van der Waals surface area contributed by atoms with Crippen molar-refractivity contribution in [3.63, 3.8) is 0 Å². The van der Waals surface area contributed by atoms with Gasteiger partial charge >= 0.3 is 18.1 Å². The third-order valence-electron chi connectivity index (χ3n) is 4.63. The van der Waals surface area contributed by atoms with E-state index in [1.807, 2.05) is 20.8 Å². The average molecular weight is 405 g/mol. The SMILES string of the molecule is COC(=O)c1ccc2oc(N(OC)C3CCN(C(=O)OC(C)(C)C)CC3)nc2c1. The molecule has 1 amide bonds. The first-order valence-electron chi connectivity index (χ1n) is 9.52. The van der Waals surface area contributed by atoms with Gasteiger partial charge in [0.1, 0.15) is 11.1 Å². The van der Waals surface area contributed by atoms with Crippen molar-refractivity contribution in [2.24, 2.45) is 0 Å². The van der Waals surface area contributed by atoms with E-state index >= 15 is 0 Å². The predicted molar refractivity (Wildman–Crippen MR) is 106 cm³/mol. The van der Waals surface area contributed by atoms with Gasteiger partial charge in [0.05, 0.1) is 25.8 Å². The van der Waals surface area contributed by atoms with E-state index in [2.05, 4.69) is 4.98 Å². The highest BCUT2D eigenvalue weighted by Gasteiger charge is 2.32. The van der Waals surface area contributed by atoms with Crippen LogP contribution in [0.2, 0.25) is 0 Å². The summed E-state index contributed by atoms with van der Waals surface area (Å²) in [5.74, 6) is -0.436.